The molecule has 1 amide bonds. The monoisotopic (exact) mass is 352 g/mol. The molecule has 1 aromatic carbocycles. The van der Waals surface area contributed by atoms with E-state index < -0.39 is 0 Å². The van der Waals surface area contributed by atoms with E-state index in [9.17, 15) is 4.79 Å². The zero-order valence-electron chi connectivity index (χ0n) is 12.9. The van der Waals surface area contributed by atoms with Gasteiger partial charge in [-0.15, -0.1) is 0 Å². The molecule has 0 aromatic heterocycles. The SMILES string of the molecule is CCC1CCCCN1CC(=O)NC(C)c1ccc(Br)cc1. The Kier molecular flexibility index (Phi) is 6.24. The van der Waals surface area contributed by atoms with Gasteiger partial charge < -0.3 is 5.32 Å². The maximum Gasteiger partial charge on any atom is 0.234 e. The van der Waals surface area contributed by atoms with Crippen molar-refractivity contribution in [2.45, 2.75) is 51.6 Å². The fourth-order valence-electron chi connectivity index (χ4n) is 3.04. The van der Waals surface area contributed by atoms with Crippen LogP contribution >= 0.6 is 15.9 Å². The topological polar surface area (TPSA) is 32.3 Å². The van der Waals surface area contributed by atoms with Crippen molar-refractivity contribution in [3.8, 4) is 0 Å². The van der Waals surface area contributed by atoms with Gasteiger partial charge in [0.1, 0.15) is 0 Å². The second-order valence-corrected chi connectivity index (χ2v) is 6.78. The number of nitrogens with one attached hydrogen (secondary N) is 1. The largest absolute Gasteiger partial charge is 0.348 e. The van der Waals surface area contributed by atoms with Gasteiger partial charge in [0.25, 0.3) is 0 Å². The molecule has 1 saturated heterocycles. The lowest BCUT2D eigenvalue weighted by Gasteiger charge is -2.34. The van der Waals surface area contributed by atoms with Crippen LogP contribution < -0.4 is 5.32 Å². The van der Waals surface area contributed by atoms with E-state index in [1.807, 2.05) is 31.2 Å². The fraction of sp³-hybridized carbons (Fsp3) is 0.588. The van der Waals surface area contributed by atoms with Crippen molar-refractivity contribution in [3.63, 3.8) is 0 Å². The maximum absolute atomic E-state index is 12.3. The first kappa shape index (κ1) is 16.5. The van der Waals surface area contributed by atoms with E-state index in [1.165, 1.54) is 19.3 Å². The van der Waals surface area contributed by atoms with Gasteiger partial charge in [-0.2, -0.15) is 0 Å². The summed E-state index contributed by atoms with van der Waals surface area (Å²) in [6, 6.07) is 8.74. The highest BCUT2D eigenvalue weighted by molar-refractivity contribution is 9.10. The van der Waals surface area contributed by atoms with Gasteiger partial charge in [0.2, 0.25) is 5.91 Å². The summed E-state index contributed by atoms with van der Waals surface area (Å²) in [6.45, 7) is 5.83. The standard InChI is InChI=1S/C17H25BrN2O/c1-3-16-6-4-5-11-20(16)12-17(21)19-13(2)14-7-9-15(18)10-8-14/h7-10,13,16H,3-6,11-12H2,1-2H3,(H,19,21). The minimum absolute atomic E-state index is 0.0514. The van der Waals surface area contributed by atoms with Crippen molar-refractivity contribution in [1.29, 1.82) is 0 Å². The van der Waals surface area contributed by atoms with Crippen LogP contribution in [0.25, 0.3) is 0 Å². The van der Waals surface area contributed by atoms with Crippen LogP contribution in [0.3, 0.4) is 0 Å². The Morgan fingerprint density at radius 2 is 2.10 bits per heavy atom. The third kappa shape index (κ3) is 4.82. The van der Waals surface area contributed by atoms with E-state index in [0.717, 1.165) is 23.0 Å². The number of nitrogens with zero attached hydrogens (tertiary/aromatic N) is 1. The molecule has 21 heavy (non-hydrogen) atoms. The normalized spacial score (nSPS) is 21.0. The zero-order valence-corrected chi connectivity index (χ0v) is 14.5. The summed E-state index contributed by atoms with van der Waals surface area (Å²) in [6.07, 6.45) is 4.87. The van der Waals surface area contributed by atoms with E-state index in [2.05, 4.69) is 33.1 Å². The van der Waals surface area contributed by atoms with Crippen LogP contribution in [0.1, 0.15) is 51.1 Å². The number of carbonyl (C=O) groups excluding carboxylic acids is 1. The Morgan fingerprint density at radius 1 is 1.38 bits per heavy atom. The fourth-order valence-corrected chi connectivity index (χ4v) is 3.30. The van der Waals surface area contributed by atoms with Crippen LogP contribution in [0.15, 0.2) is 28.7 Å². The highest BCUT2D eigenvalue weighted by atomic mass is 79.9. The van der Waals surface area contributed by atoms with E-state index in [0.29, 0.717) is 12.6 Å². The molecular weight excluding hydrogens is 328 g/mol. The Morgan fingerprint density at radius 3 is 2.76 bits per heavy atom. The molecule has 0 bridgehead atoms. The molecule has 2 unspecified atom stereocenters. The van der Waals surface area contributed by atoms with Crippen LogP contribution in [-0.4, -0.2) is 29.9 Å². The molecule has 1 aliphatic heterocycles. The summed E-state index contributed by atoms with van der Waals surface area (Å²) in [5, 5.41) is 3.11. The van der Waals surface area contributed by atoms with Gasteiger partial charge in [0.15, 0.2) is 0 Å². The molecule has 2 atom stereocenters. The Balaban J connectivity index is 1.87. The lowest BCUT2D eigenvalue weighted by Crippen LogP contribution is -2.45. The summed E-state index contributed by atoms with van der Waals surface area (Å²) in [7, 11) is 0. The summed E-state index contributed by atoms with van der Waals surface area (Å²) < 4.78 is 1.06. The van der Waals surface area contributed by atoms with Crippen LogP contribution in [-0.2, 0) is 4.79 Å². The molecule has 116 valence electrons. The van der Waals surface area contributed by atoms with Crippen molar-refractivity contribution in [2.24, 2.45) is 0 Å². The molecule has 0 spiro atoms. The first-order valence-electron chi connectivity index (χ1n) is 7.89. The maximum atomic E-state index is 12.3. The van der Waals surface area contributed by atoms with Gasteiger partial charge >= 0.3 is 0 Å². The summed E-state index contributed by atoms with van der Waals surface area (Å²) in [5.74, 6) is 0.130. The summed E-state index contributed by atoms with van der Waals surface area (Å²) in [5.41, 5.74) is 1.14. The molecule has 1 fully saturated rings. The molecule has 0 aliphatic carbocycles. The molecule has 1 heterocycles. The first-order chi connectivity index (χ1) is 10.1. The number of amides is 1. The van der Waals surface area contributed by atoms with Gasteiger partial charge in [-0.1, -0.05) is 41.4 Å². The molecular formula is C17H25BrN2O. The molecule has 1 N–H and O–H groups in total. The lowest BCUT2D eigenvalue weighted by atomic mass is 10.00. The molecule has 3 nitrogen and oxygen atoms in total. The van der Waals surface area contributed by atoms with Gasteiger partial charge in [0.05, 0.1) is 12.6 Å². The van der Waals surface area contributed by atoms with E-state index in [-0.39, 0.29) is 11.9 Å². The highest BCUT2D eigenvalue weighted by Crippen LogP contribution is 2.20. The van der Waals surface area contributed by atoms with E-state index in [4.69, 9.17) is 0 Å². The molecule has 1 aliphatic rings. The van der Waals surface area contributed by atoms with Crippen LogP contribution in [0.5, 0.6) is 0 Å². The van der Waals surface area contributed by atoms with Gasteiger partial charge in [0, 0.05) is 10.5 Å². The summed E-state index contributed by atoms with van der Waals surface area (Å²) in [4.78, 5) is 14.6. The number of rotatable bonds is 5. The number of hydrogen-bond donors (Lipinski definition) is 1. The van der Waals surface area contributed by atoms with Crippen molar-refractivity contribution >= 4 is 21.8 Å². The van der Waals surface area contributed by atoms with Crippen molar-refractivity contribution in [3.05, 3.63) is 34.3 Å². The molecule has 1 aromatic rings. The number of likely N-dealkylation sites (tertiary alicyclic amines) is 1. The smallest absolute Gasteiger partial charge is 0.234 e. The first-order valence-corrected chi connectivity index (χ1v) is 8.68. The third-order valence-electron chi connectivity index (χ3n) is 4.31. The highest BCUT2D eigenvalue weighted by Gasteiger charge is 2.23. The van der Waals surface area contributed by atoms with Crippen molar-refractivity contribution in [1.82, 2.24) is 10.2 Å². The van der Waals surface area contributed by atoms with Gasteiger partial charge in [-0.05, 0) is 50.4 Å². The Labute approximate surface area is 136 Å². The van der Waals surface area contributed by atoms with Gasteiger partial charge in [-0.25, -0.2) is 0 Å². The average molecular weight is 353 g/mol. The molecule has 4 heteroatoms. The minimum atomic E-state index is 0.0514. The van der Waals surface area contributed by atoms with E-state index >= 15 is 0 Å². The predicted molar refractivity (Wildman–Crippen MR) is 90.2 cm³/mol. The van der Waals surface area contributed by atoms with Crippen molar-refractivity contribution in [2.75, 3.05) is 13.1 Å². The Bertz CT molecular complexity index is 460. The second-order valence-electron chi connectivity index (χ2n) is 5.87. The second kappa shape index (κ2) is 7.95. The number of hydrogen-bond acceptors (Lipinski definition) is 2. The Hall–Kier alpha value is -0.870. The van der Waals surface area contributed by atoms with Crippen LogP contribution in [0, 0.1) is 0 Å². The molecule has 2 rings (SSSR count). The molecule has 0 saturated carbocycles. The predicted octanol–water partition coefficient (Wildman–Crippen LogP) is 3.89. The van der Waals surface area contributed by atoms with E-state index in [1.54, 1.807) is 0 Å². The number of benzene rings is 1. The summed E-state index contributed by atoms with van der Waals surface area (Å²) >= 11 is 3.43. The van der Waals surface area contributed by atoms with Crippen LogP contribution in [0.2, 0.25) is 0 Å². The third-order valence-corrected chi connectivity index (χ3v) is 4.84. The number of piperidine rings is 1. The van der Waals surface area contributed by atoms with Crippen LogP contribution in [0.4, 0.5) is 0 Å². The zero-order chi connectivity index (χ0) is 15.2. The number of carbonyl (C=O) groups is 1. The van der Waals surface area contributed by atoms with Crippen molar-refractivity contribution < 1.29 is 4.79 Å². The number of halogens is 1. The quantitative estimate of drug-likeness (QED) is 0.871. The lowest BCUT2D eigenvalue weighted by molar-refractivity contribution is -0.123. The molecule has 0 radical (unpaired) electrons. The van der Waals surface area contributed by atoms with Gasteiger partial charge in [-0.3, -0.25) is 9.69 Å². The minimum Gasteiger partial charge on any atom is -0.348 e. The average Bonchev–Trinajstić information content (AvgIpc) is 2.48.